The molecule has 0 bridgehead atoms. The molecule has 12 N–H and O–H groups in total. The minimum atomic E-state index is -1.88. The van der Waals surface area contributed by atoms with Gasteiger partial charge >= 0.3 is 0 Å². The summed E-state index contributed by atoms with van der Waals surface area (Å²) in [4.78, 5) is 0. The van der Waals surface area contributed by atoms with Crippen molar-refractivity contribution in [2.45, 2.75) is 91.6 Å². The molecule has 0 amide bonds. The van der Waals surface area contributed by atoms with Gasteiger partial charge in [-0.2, -0.15) is 0 Å². The summed E-state index contributed by atoms with van der Waals surface area (Å²) < 4.78 is 18.2. The summed E-state index contributed by atoms with van der Waals surface area (Å²) in [6.45, 7) is -2.29. The van der Waals surface area contributed by atoms with E-state index in [1.165, 1.54) is 6.07 Å². The quantitative estimate of drug-likeness (QED) is 0.121. The molecule has 234 valence electrons. The first kappa shape index (κ1) is 34.0. The van der Waals surface area contributed by atoms with E-state index < -0.39 is 111 Å². The maximum Gasteiger partial charge on any atom is 0.113 e. The van der Waals surface area contributed by atoms with E-state index in [1.54, 1.807) is 0 Å². The highest BCUT2D eigenvalue weighted by Gasteiger charge is 2.52. The Morgan fingerprint density at radius 1 is 0.488 bits per heavy atom. The van der Waals surface area contributed by atoms with Gasteiger partial charge < -0.3 is 75.5 Å². The Morgan fingerprint density at radius 3 is 1.22 bits per heavy atom. The van der Waals surface area contributed by atoms with Crippen molar-refractivity contribution in [1.82, 2.24) is 0 Å². The lowest BCUT2D eigenvalue weighted by molar-refractivity contribution is -0.242. The maximum absolute atomic E-state index is 11.1. The Morgan fingerprint density at radius 2 is 0.829 bits per heavy atom. The molecule has 3 aliphatic rings. The third-order valence-electron chi connectivity index (χ3n) is 7.88. The van der Waals surface area contributed by atoms with E-state index in [1.807, 2.05) is 45.2 Å². The summed E-state index contributed by atoms with van der Waals surface area (Å²) in [5, 5.41) is 125. The van der Waals surface area contributed by atoms with E-state index in [4.69, 9.17) is 14.2 Å². The van der Waals surface area contributed by atoms with Crippen LogP contribution in [0.15, 0.2) is 6.07 Å². The molecule has 0 aliphatic carbocycles. The Balaban J connectivity index is 1.99. The zero-order valence-corrected chi connectivity index (χ0v) is 25.5. The fourth-order valence-electron chi connectivity index (χ4n) is 5.55. The Labute approximate surface area is 260 Å². The van der Waals surface area contributed by atoms with Gasteiger partial charge in [-0.05, 0) is 62.4 Å². The van der Waals surface area contributed by atoms with Crippen molar-refractivity contribution in [3.8, 4) is 0 Å². The average molecular weight is 816 g/mol. The molecule has 41 heavy (non-hydrogen) atoms. The van der Waals surface area contributed by atoms with Crippen molar-refractivity contribution in [3.63, 3.8) is 0 Å². The van der Waals surface area contributed by atoms with Crippen LogP contribution in [0.3, 0.4) is 0 Å². The van der Waals surface area contributed by atoms with Gasteiger partial charge in [-0.1, -0.05) is 0 Å². The summed E-state index contributed by atoms with van der Waals surface area (Å²) in [6.07, 6.45) is -24.8. The number of aliphatic hydroxyl groups excluding tert-OH is 12. The van der Waals surface area contributed by atoms with Crippen molar-refractivity contribution >= 4 is 45.2 Å². The molecule has 17 heteroatoms. The largest absolute Gasteiger partial charge is 0.394 e. The average Bonchev–Trinajstić information content (AvgIpc) is 2.96. The first-order valence-corrected chi connectivity index (χ1v) is 14.9. The fourth-order valence-corrected chi connectivity index (χ4v) is 6.93. The van der Waals surface area contributed by atoms with Crippen LogP contribution in [0.25, 0.3) is 0 Å². The Kier molecular flexibility index (Phi) is 11.3. The predicted molar refractivity (Wildman–Crippen MR) is 150 cm³/mol. The van der Waals surface area contributed by atoms with Gasteiger partial charge in [0, 0.05) is 12.7 Å². The number of hydrogen-bond acceptors (Lipinski definition) is 15. The van der Waals surface area contributed by atoms with Crippen molar-refractivity contribution in [1.29, 1.82) is 0 Å². The minimum Gasteiger partial charge on any atom is -0.394 e. The Hall–Kier alpha value is 0.0800. The van der Waals surface area contributed by atoms with Crippen molar-refractivity contribution in [2.75, 3.05) is 19.8 Å². The molecule has 0 radical (unpaired) electrons. The molecule has 0 saturated carbocycles. The Bertz CT molecular complexity index is 1060. The summed E-state index contributed by atoms with van der Waals surface area (Å²) >= 11 is 3.78. The number of aliphatic hydroxyl groups is 12. The highest BCUT2D eigenvalue weighted by Crippen LogP contribution is 2.48. The van der Waals surface area contributed by atoms with Gasteiger partial charge in [-0.25, -0.2) is 0 Å². The molecular formula is C24H34I2O15. The molecule has 3 saturated heterocycles. The van der Waals surface area contributed by atoms with E-state index >= 15 is 0 Å². The molecule has 3 fully saturated rings. The number of rotatable bonds is 6. The molecule has 1 aromatic rings. The highest BCUT2D eigenvalue weighted by molar-refractivity contribution is 14.1. The van der Waals surface area contributed by atoms with Crippen LogP contribution >= 0.6 is 45.2 Å². The van der Waals surface area contributed by atoms with E-state index in [0.29, 0.717) is 7.14 Å². The topological polar surface area (TPSA) is 270 Å². The van der Waals surface area contributed by atoms with Gasteiger partial charge in [0.2, 0.25) is 0 Å². The van der Waals surface area contributed by atoms with E-state index in [-0.39, 0.29) is 16.7 Å². The van der Waals surface area contributed by atoms with E-state index in [9.17, 15) is 61.3 Å². The molecule has 15 nitrogen and oxygen atoms in total. The summed E-state index contributed by atoms with van der Waals surface area (Å²) in [5.74, 6) is 0. The third-order valence-corrected chi connectivity index (χ3v) is 10.9. The summed E-state index contributed by atoms with van der Waals surface area (Å²) in [5.41, 5.74) is -0.0888. The SMILES string of the molecule is OC[C@H]1OC(c2cc(I)c(I)c(C3O[C@H](CO)[C@@H](O)[C@H](O)[C@H]3O)c2C2O[C@H](CO)[C@@H](O)[C@H](O)[C@H]2O)[C@H](O)[C@@H](O)[C@@H]1O. The van der Waals surface area contributed by atoms with Gasteiger partial charge in [0.15, 0.2) is 0 Å². The van der Waals surface area contributed by atoms with E-state index in [0.717, 1.165) is 0 Å². The third kappa shape index (κ3) is 6.04. The van der Waals surface area contributed by atoms with Crippen molar-refractivity contribution in [3.05, 3.63) is 29.9 Å². The lowest BCUT2D eigenvalue weighted by Crippen LogP contribution is -2.58. The van der Waals surface area contributed by atoms with Crippen LogP contribution in [-0.2, 0) is 14.2 Å². The van der Waals surface area contributed by atoms with Crippen molar-refractivity contribution < 1.29 is 75.5 Å². The van der Waals surface area contributed by atoms with Gasteiger partial charge in [0.25, 0.3) is 0 Å². The monoisotopic (exact) mass is 816 g/mol. The molecule has 15 atom stereocenters. The molecule has 3 heterocycles. The van der Waals surface area contributed by atoms with Gasteiger partial charge in [0.1, 0.15) is 91.6 Å². The fraction of sp³-hybridized carbons (Fsp3) is 0.750. The van der Waals surface area contributed by atoms with Crippen LogP contribution in [-0.4, -0.2) is 154 Å². The molecule has 1 aromatic carbocycles. The standard InChI is InChI=1S/C24H34I2O15/c25-6-1-5(22-19(36)16(33)13(30)7(2-27)39-22)10(23-20(37)17(34)14(31)8(3-28)40-23)11(12(6)26)24-21(38)18(35)15(32)9(4-29)41-24/h1,7-9,13-24,27-38H,2-4H2/t7-,8-,9-,13-,14-,15-,16+,17+,18+,19-,20-,21-,22?,23?,24?/m1/s1. The maximum atomic E-state index is 11.1. The second-order valence-corrected chi connectivity index (χ2v) is 12.6. The van der Waals surface area contributed by atoms with Crippen LogP contribution in [0.5, 0.6) is 0 Å². The highest BCUT2D eigenvalue weighted by atomic mass is 127. The first-order valence-electron chi connectivity index (χ1n) is 12.7. The van der Waals surface area contributed by atoms with Crippen LogP contribution < -0.4 is 0 Å². The number of ether oxygens (including phenoxy) is 3. The van der Waals surface area contributed by atoms with Crippen LogP contribution in [0.4, 0.5) is 0 Å². The lowest BCUT2D eigenvalue weighted by atomic mass is 9.79. The smallest absolute Gasteiger partial charge is 0.113 e. The number of hydrogen-bond donors (Lipinski definition) is 12. The first-order chi connectivity index (χ1) is 19.3. The predicted octanol–water partition coefficient (Wildman–Crippen LogP) is -4.56. The zero-order chi connectivity index (χ0) is 30.5. The molecular weight excluding hydrogens is 782 g/mol. The van der Waals surface area contributed by atoms with Gasteiger partial charge in [-0.15, -0.1) is 0 Å². The van der Waals surface area contributed by atoms with Crippen molar-refractivity contribution in [2.24, 2.45) is 0 Å². The molecule has 3 aliphatic heterocycles. The van der Waals surface area contributed by atoms with Gasteiger partial charge in [-0.3, -0.25) is 0 Å². The van der Waals surface area contributed by atoms with E-state index in [2.05, 4.69) is 0 Å². The molecule has 3 unspecified atom stereocenters. The lowest BCUT2D eigenvalue weighted by Gasteiger charge is -2.46. The second-order valence-electron chi connectivity index (χ2n) is 10.3. The summed E-state index contributed by atoms with van der Waals surface area (Å²) in [7, 11) is 0. The molecule has 0 spiro atoms. The van der Waals surface area contributed by atoms with Crippen LogP contribution in [0, 0.1) is 7.14 Å². The van der Waals surface area contributed by atoms with Crippen LogP contribution in [0.1, 0.15) is 35.0 Å². The number of benzene rings is 1. The van der Waals surface area contributed by atoms with Gasteiger partial charge in [0.05, 0.1) is 19.8 Å². The number of halogens is 2. The molecule has 4 rings (SSSR count). The normalized spacial score (nSPS) is 45.6. The zero-order valence-electron chi connectivity index (χ0n) is 21.2. The van der Waals surface area contributed by atoms with Crippen LogP contribution in [0.2, 0.25) is 0 Å². The molecule has 0 aromatic heterocycles. The minimum absolute atomic E-state index is 0.0111. The second kappa shape index (κ2) is 13.6. The summed E-state index contributed by atoms with van der Waals surface area (Å²) in [6, 6.07) is 1.47.